The van der Waals surface area contributed by atoms with Crippen molar-refractivity contribution in [1.29, 1.82) is 0 Å². The molecule has 2 heterocycles. The minimum Gasteiger partial charge on any atom is -0.497 e. The first-order chi connectivity index (χ1) is 13.7. The number of hydrogen-bond acceptors (Lipinski definition) is 7. The minimum atomic E-state index is -0.0275. The van der Waals surface area contributed by atoms with E-state index in [4.69, 9.17) is 14.2 Å². The topological polar surface area (TPSA) is 87.5 Å². The molecule has 28 heavy (non-hydrogen) atoms. The van der Waals surface area contributed by atoms with E-state index in [1.54, 1.807) is 7.11 Å². The summed E-state index contributed by atoms with van der Waals surface area (Å²) in [6, 6.07) is 7.42. The van der Waals surface area contributed by atoms with Gasteiger partial charge >= 0.3 is 0 Å². The third-order valence-electron chi connectivity index (χ3n) is 4.40. The van der Waals surface area contributed by atoms with Crippen molar-refractivity contribution in [2.24, 2.45) is 0 Å². The lowest BCUT2D eigenvalue weighted by Crippen LogP contribution is -2.32. The number of rotatable bonds is 10. The van der Waals surface area contributed by atoms with Crippen LogP contribution in [0.15, 0.2) is 29.4 Å². The van der Waals surface area contributed by atoms with Crippen molar-refractivity contribution in [3.05, 3.63) is 30.1 Å². The molecule has 0 spiro atoms. The highest BCUT2D eigenvalue weighted by Gasteiger charge is 2.17. The van der Waals surface area contributed by atoms with Crippen LogP contribution in [0.5, 0.6) is 11.5 Å². The molecule has 9 heteroatoms. The first kappa shape index (κ1) is 20.5. The molecule has 0 bridgehead atoms. The molecule has 1 saturated heterocycles. The van der Waals surface area contributed by atoms with Gasteiger partial charge in [-0.25, -0.2) is 0 Å². The Labute approximate surface area is 168 Å². The van der Waals surface area contributed by atoms with Crippen LogP contribution < -0.4 is 14.8 Å². The maximum absolute atomic E-state index is 12.1. The van der Waals surface area contributed by atoms with Gasteiger partial charge in [-0.15, -0.1) is 10.2 Å². The van der Waals surface area contributed by atoms with Crippen molar-refractivity contribution in [2.75, 3.05) is 26.0 Å². The number of amides is 1. The summed E-state index contributed by atoms with van der Waals surface area (Å²) in [4.78, 5) is 12.1. The molecule has 1 N–H and O–H groups in total. The molecular formula is C19H26N4O4S. The molecule has 3 rings (SSSR count). The summed E-state index contributed by atoms with van der Waals surface area (Å²) in [7, 11) is 1.62. The molecule has 1 amide bonds. The van der Waals surface area contributed by atoms with Gasteiger partial charge < -0.3 is 24.1 Å². The molecule has 1 aliphatic heterocycles. The minimum absolute atomic E-state index is 0.0275. The van der Waals surface area contributed by atoms with Gasteiger partial charge in [0.05, 0.1) is 19.0 Å². The van der Waals surface area contributed by atoms with Crippen LogP contribution in [0.3, 0.4) is 0 Å². The number of aromatic nitrogens is 3. The molecule has 0 unspecified atom stereocenters. The van der Waals surface area contributed by atoms with Gasteiger partial charge in [-0.2, -0.15) is 0 Å². The molecule has 1 atom stereocenters. The van der Waals surface area contributed by atoms with E-state index >= 15 is 0 Å². The van der Waals surface area contributed by atoms with Gasteiger partial charge in [0.1, 0.15) is 18.1 Å². The highest BCUT2D eigenvalue weighted by atomic mass is 32.2. The van der Waals surface area contributed by atoms with Gasteiger partial charge in [-0.3, -0.25) is 4.79 Å². The summed E-state index contributed by atoms with van der Waals surface area (Å²) in [5.41, 5.74) is 0. The van der Waals surface area contributed by atoms with E-state index in [1.165, 1.54) is 11.8 Å². The molecule has 0 radical (unpaired) electrons. The van der Waals surface area contributed by atoms with Crippen LogP contribution in [0, 0.1) is 0 Å². The molecule has 1 aromatic carbocycles. The quantitative estimate of drug-likeness (QED) is 0.606. The number of ether oxygens (including phenoxy) is 3. The van der Waals surface area contributed by atoms with Crippen LogP contribution in [0.4, 0.5) is 0 Å². The van der Waals surface area contributed by atoms with Crippen molar-refractivity contribution < 1.29 is 19.0 Å². The Balaban J connectivity index is 1.50. The van der Waals surface area contributed by atoms with Crippen molar-refractivity contribution in [3.8, 4) is 11.5 Å². The van der Waals surface area contributed by atoms with Crippen LogP contribution in [0.25, 0.3) is 0 Å². The second-order valence-electron chi connectivity index (χ2n) is 6.34. The lowest BCUT2D eigenvalue weighted by Gasteiger charge is -2.11. The van der Waals surface area contributed by atoms with E-state index in [9.17, 15) is 4.79 Å². The Hall–Kier alpha value is -2.26. The number of nitrogens with one attached hydrogen (secondary N) is 1. The predicted molar refractivity (Wildman–Crippen MR) is 106 cm³/mol. The first-order valence-corrected chi connectivity index (χ1v) is 10.4. The number of thioether (sulfide) groups is 1. The number of carbonyl (C=O) groups is 1. The molecule has 1 aliphatic rings. The fourth-order valence-electron chi connectivity index (χ4n) is 2.90. The summed E-state index contributed by atoms with van der Waals surface area (Å²) in [5, 5.41) is 12.1. The maximum atomic E-state index is 12.1. The van der Waals surface area contributed by atoms with Crippen LogP contribution in [0.2, 0.25) is 0 Å². The summed E-state index contributed by atoms with van der Waals surface area (Å²) in [6.45, 7) is 4.36. The lowest BCUT2D eigenvalue weighted by atomic mass is 10.2. The van der Waals surface area contributed by atoms with E-state index in [2.05, 4.69) is 15.5 Å². The van der Waals surface area contributed by atoms with E-state index in [0.29, 0.717) is 42.2 Å². The zero-order chi connectivity index (χ0) is 19.8. The van der Waals surface area contributed by atoms with Gasteiger partial charge in [-0.1, -0.05) is 17.8 Å². The highest BCUT2D eigenvalue weighted by molar-refractivity contribution is 7.99. The monoisotopic (exact) mass is 406 g/mol. The smallest absolute Gasteiger partial charge is 0.230 e. The van der Waals surface area contributed by atoms with Crippen LogP contribution >= 0.6 is 11.8 Å². The number of benzene rings is 1. The summed E-state index contributed by atoms with van der Waals surface area (Å²) in [5.74, 6) is 2.42. The summed E-state index contributed by atoms with van der Waals surface area (Å²) < 4.78 is 18.5. The number of carbonyl (C=O) groups excluding carboxylic acids is 1. The molecule has 8 nitrogen and oxygen atoms in total. The summed E-state index contributed by atoms with van der Waals surface area (Å²) >= 11 is 1.37. The average molecular weight is 407 g/mol. The molecule has 1 fully saturated rings. The van der Waals surface area contributed by atoms with Crippen molar-refractivity contribution in [2.45, 2.75) is 44.2 Å². The van der Waals surface area contributed by atoms with Gasteiger partial charge in [0.15, 0.2) is 11.0 Å². The molecular weight excluding hydrogens is 380 g/mol. The summed E-state index contributed by atoms with van der Waals surface area (Å²) in [6.07, 6.45) is 2.22. The fraction of sp³-hybridized carbons (Fsp3) is 0.526. The van der Waals surface area contributed by atoms with E-state index in [0.717, 1.165) is 25.2 Å². The van der Waals surface area contributed by atoms with Crippen molar-refractivity contribution >= 4 is 17.7 Å². The zero-order valence-electron chi connectivity index (χ0n) is 16.2. The highest BCUT2D eigenvalue weighted by Crippen LogP contribution is 2.21. The van der Waals surface area contributed by atoms with Gasteiger partial charge in [0.2, 0.25) is 5.91 Å². The molecule has 2 aromatic rings. The van der Waals surface area contributed by atoms with Gasteiger partial charge in [0.25, 0.3) is 0 Å². The number of hydrogen-bond donors (Lipinski definition) is 1. The maximum Gasteiger partial charge on any atom is 0.230 e. The molecule has 1 aromatic heterocycles. The fourth-order valence-corrected chi connectivity index (χ4v) is 3.75. The second kappa shape index (κ2) is 10.3. The van der Waals surface area contributed by atoms with Crippen LogP contribution in [-0.4, -0.2) is 52.8 Å². The molecule has 0 saturated carbocycles. The number of nitrogens with zero attached hydrogens (tertiary/aromatic N) is 3. The van der Waals surface area contributed by atoms with Crippen molar-refractivity contribution in [1.82, 2.24) is 20.1 Å². The van der Waals surface area contributed by atoms with Crippen molar-refractivity contribution in [3.63, 3.8) is 0 Å². The van der Waals surface area contributed by atoms with E-state index in [1.807, 2.05) is 35.8 Å². The van der Waals surface area contributed by atoms with Gasteiger partial charge in [-0.05, 0) is 31.9 Å². The lowest BCUT2D eigenvalue weighted by molar-refractivity contribution is -0.119. The Morgan fingerprint density at radius 3 is 3.00 bits per heavy atom. The Morgan fingerprint density at radius 1 is 1.39 bits per heavy atom. The SMILES string of the molecule is CCn1c(COc2cccc(OC)c2)nnc1SCC(=O)NC[C@H]1CCCO1. The van der Waals surface area contributed by atoms with Crippen LogP contribution in [-0.2, 0) is 22.7 Å². The Kier molecular flexibility index (Phi) is 7.55. The van der Waals surface area contributed by atoms with E-state index in [-0.39, 0.29) is 12.0 Å². The third-order valence-corrected chi connectivity index (χ3v) is 5.37. The Bertz CT molecular complexity index is 777. The average Bonchev–Trinajstić information content (AvgIpc) is 3.38. The Morgan fingerprint density at radius 2 is 2.25 bits per heavy atom. The normalized spacial score (nSPS) is 16.1. The first-order valence-electron chi connectivity index (χ1n) is 9.39. The third kappa shape index (κ3) is 5.62. The zero-order valence-corrected chi connectivity index (χ0v) is 17.0. The predicted octanol–water partition coefficient (Wildman–Crippen LogP) is 2.27. The molecule has 152 valence electrons. The number of methoxy groups -OCH3 is 1. The van der Waals surface area contributed by atoms with E-state index < -0.39 is 0 Å². The molecule has 0 aliphatic carbocycles. The largest absolute Gasteiger partial charge is 0.497 e. The second-order valence-corrected chi connectivity index (χ2v) is 7.28. The van der Waals surface area contributed by atoms with Crippen LogP contribution in [0.1, 0.15) is 25.6 Å². The van der Waals surface area contributed by atoms with Gasteiger partial charge in [0, 0.05) is 25.8 Å². The standard InChI is InChI=1S/C19H26N4O4S/c1-3-23-17(12-27-15-7-4-6-14(10-15)25-2)21-22-19(23)28-13-18(24)20-11-16-8-5-9-26-16/h4,6-7,10,16H,3,5,8-9,11-13H2,1-2H3,(H,20,24)/t16-/m1/s1.